The Morgan fingerprint density at radius 1 is 0.960 bits per heavy atom. The number of halogens is 2. The molecule has 0 spiro atoms. The number of likely N-dealkylation sites (tertiary alicyclic amines) is 1. The second-order valence-corrected chi connectivity index (χ2v) is 7.55. The van der Waals surface area contributed by atoms with Gasteiger partial charge in [-0.1, -0.05) is 15.9 Å². The normalized spacial score (nSPS) is 19.1. The lowest BCUT2D eigenvalue weighted by Crippen LogP contribution is -2.52. The van der Waals surface area contributed by atoms with Gasteiger partial charge in [0.2, 0.25) is 5.91 Å². The van der Waals surface area contributed by atoms with Crippen LogP contribution >= 0.6 is 15.9 Å². The molecule has 5 nitrogen and oxygen atoms in total. The highest BCUT2D eigenvalue weighted by Crippen LogP contribution is 2.18. The zero-order valence-corrected chi connectivity index (χ0v) is 15.8. The monoisotopic (exact) mass is 411 g/mol. The summed E-state index contributed by atoms with van der Waals surface area (Å²) in [6, 6.07) is 4.39. The number of benzene rings is 1. The molecule has 2 aliphatic heterocycles. The summed E-state index contributed by atoms with van der Waals surface area (Å²) in [6.07, 6.45) is 3.38. The minimum absolute atomic E-state index is 0.0900. The van der Waals surface area contributed by atoms with Crippen molar-refractivity contribution in [2.24, 2.45) is 0 Å². The van der Waals surface area contributed by atoms with Crippen LogP contribution < -0.4 is 0 Å². The van der Waals surface area contributed by atoms with Crippen molar-refractivity contribution in [3.63, 3.8) is 0 Å². The minimum atomic E-state index is -0.504. The molecule has 2 fully saturated rings. The largest absolute Gasteiger partial charge is 0.342 e. The molecule has 25 heavy (non-hydrogen) atoms. The van der Waals surface area contributed by atoms with E-state index < -0.39 is 5.82 Å². The van der Waals surface area contributed by atoms with Gasteiger partial charge in [-0.2, -0.15) is 0 Å². The molecule has 136 valence electrons. The summed E-state index contributed by atoms with van der Waals surface area (Å²) in [6.45, 7) is 4.43. The van der Waals surface area contributed by atoms with E-state index in [1.54, 1.807) is 11.0 Å². The Labute approximate surface area is 155 Å². The van der Waals surface area contributed by atoms with Crippen LogP contribution in [0.5, 0.6) is 0 Å². The molecule has 0 saturated carbocycles. The Hall–Kier alpha value is -1.47. The molecule has 1 aromatic rings. The van der Waals surface area contributed by atoms with Crippen molar-refractivity contribution in [1.29, 1.82) is 0 Å². The predicted molar refractivity (Wildman–Crippen MR) is 96.9 cm³/mol. The highest BCUT2D eigenvalue weighted by atomic mass is 79.9. The Balaban J connectivity index is 1.52. The molecule has 2 amide bonds. The lowest BCUT2D eigenvalue weighted by molar-refractivity contribution is -0.133. The Morgan fingerprint density at radius 3 is 2.32 bits per heavy atom. The molecule has 0 unspecified atom stereocenters. The second-order valence-electron chi connectivity index (χ2n) is 6.63. The standard InChI is InChI=1S/C18H23BrFN3O2/c19-14-4-5-16(20)15(12-14)18(25)23-10-8-21(9-11-23)13-17(24)22-6-2-1-3-7-22/h4-5,12H,1-3,6-11,13H2. The van der Waals surface area contributed by atoms with Gasteiger partial charge < -0.3 is 9.80 Å². The molecular weight excluding hydrogens is 389 g/mol. The van der Waals surface area contributed by atoms with E-state index in [0.29, 0.717) is 37.2 Å². The molecule has 2 aliphatic rings. The SMILES string of the molecule is O=C(CN1CCN(C(=O)c2cc(Br)ccc2F)CC1)N1CCCCC1. The Bertz CT molecular complexity index is 641. The van der Waals surface area contributed by atoms with Crippen LogP contribution in [-0.4, -0.2) is 72.3 Å². The molecule has 2 heterocycles. The van der Waals surface area contributed by atoms with Crippen molar-refractivity contribution < 1.29 is 14.0 Å². The van der Waals surface area contributed by atoms with Gasteiger partial charge >= 0.3 is 0 Å². The van der Waals surface area contributed by atoms with E-state index in [9.17, 15) is 14.0 Å². The van der Waals surface area contributed by atoms with Crippen LogP contribution in [0.4, 0.5) is 4.39 Å². The van der Waals surface area contributed by atoms with Gasteiger partial charge in [0.05, 0.1) is 12.1 Å². The van der Waals surface area contributed by atoms with Crippen LogP contribution in [0.1, 0.15) is 29.6 Å². The fourth-order valence-corrected chi connectivity index (χ4v) is 3.74. The zero-order valence-electron chi connectivity index (χ0n) is 14.2. The molecular formula is C18H23BrFN3O2. The molecule has 2 saturated heterocycles. The van der Waals surface area contributed by atoms with Crippen LogP contribution in [0, 0.1) is 5.82 Å². The number of carbonyl (C=O) groups excluding carboxylic acids is 2. The minimum Gasteiger partial charge on any atom is -0.342 e. The smallest absolute Gasteiger partial charge is 0.256 e. The molecule has 1 aromatic carbocycles. The fraction of sp³-hybridized carbons (Fsp3) is 0.556. The lowest BCUT2D eigenvalue weighted by Gasteiger charge is -2.36. The summed E-state index contributed by atoms with van der Waals surface area (Å²) in [5, 5.41) is 0. The number of amides is 2. The van der Waals surface area contributed by atoms with Crippen molar-refractivity contribution in [3.8, 4) is 0 Å². The van der Waals surface area contributed by atoms with Gasteiger partial charge in [0.1, 0.15) is 5.82 Å². The summed E-state index contributed by atoms with van der Waals surface area (Å²) < 4.78 is 14.6. The molecule has 3 rings (SSSR count). The van der Waals surface area contributed by atoms with Crippen LogP contribution in [0.3, 0.4) is 0 Å². The molecule has 0 radical (unpaired) electrons. The fourth-order valence-electron chi connectivity index (χ4n) is 3.38. The maximum atomic E-state index is 13.9. The maximum Gasteiger partial charge on any atom is 0.256 e. The van der Waals surface area contributed by atoms with Gasteiger partial charge in [-0.05, 0) is 37.5 Å². The molecule has 7 heteroatoms. The highest BCUT2D eigenvalue weighted by Gasteiger charge is 2.26. The van der Waals surface area contributed by atoms with E-state index in [4.69, 9.17) is 0 Å². The van der Waals surface area contributed by atoms with Crippen molar-refractivity contribution in [3.05, 3.63) is 34.1 Å². The third kappa shape index (κ3) is 4.58. The van der Waals surface area contributed by atoms with Gasteiger partial charge in [-0.15, -0.1) is 0 Å². The van der Waals surface area contributed by atoms with E-state index in [0.717, 1.165) is 25.9 Å². The van der Waals surface area contributed by atoms with E-state index in [1.807, 2.05) is 4.90 Å². The van der Waals surface area contributed by atoms with E-state index >= 15 is 0 Å². The number of piperazine rings is 1. The van der Waals surface area contributed by atoms with Crippen LogP contribution in [0.2, 0.25) is 0 Å². The summed E-state index contributed by atoms with van der Waals surface area (Å²) in [4.78, 5) is 30.5. The van der Waals surface area contributed by atoms with Gasteiger partial charge in [0.25, 0.3) is 5.91 Å². The van der Waals surface area contributed by atoms with Crippen molar-refractivity contribution in [2.45, 2.75) is 19.3 Å². The van der Waals surface area contributed by atoms with E-state index in [1.165, 1.54) is 18.6 Å². The molecule has 0 atom stereocenters. The van der Waals surface area contributed by atoms with Crippen molar-refractivity contribution in [2.75, 3.05) is 45.8 Å². The first-order chi connectivity index (χ1) is 12.0. The van der Waals surface area contributed by atoms with Gasteiger partial charge in [-0.3, -0.25) is 14.5 Å². The molecule has 0 N–H and O–H groups in total. The molecule has 0 bridgehead atoms. The Kier molecular flexibility index (Phi) is 6.06. The summed E-state index contributed by atoms with van der Waals surface area (Å²) in [5.74, 6) is -0.616. The number of rotatable bonds is 3. The average molecular weight is 412 g/mol. The number of hydrogen-bond donors (Lipinski definition) is 0. The van der Waals surface area contributed by atoms with Crippen LogP contribution in [-0.2, 0) is 4.79 Å². The third-order valence-corrected chi connectivity index (χ3v) is 5.38. The average Bonchev–Trinajstić information content (AvgIpc) is 2.64. The molecule has 0 aliphatic carbocycles. The van der Waals surface area contributed by atoms with E-state index in [-0.39, 0.29) is 17.4 Å². The Morgan fingerprint density at radius 2 is 1.64 bits per heavy atom. The number of piperidine rings is 1. The van der Waals surface area contributed by atoms with E-state index in [2.05, 4.69) is 20.8 Å². The number of nitrogens with zero attached hydrogens (tertiary/aromatic N) is 3. The van der Waals surface area contributed by atoms with Gasteiger partial charge in [0.15, 0.2) is 0 Å². The first-order valence-electron chi connectivity index (χ1n) is 8.79. The summed E-state index contributed by atoms with van der Waals surface area (Å²) >= 11 is 3.28. The highest BCUT2D eigenvalue weighted by molar-refractivity contribution is 9.10. The maximum absolute atomic E-state index is 13.9. The first-order valence-corrected chi connectivity index (χ1v) is 9.58. The summed E-state index contributed by atoms with van der Waals surface area (Å²) in [5.41, 5.74) is 0.0900. The predicted octanol–water partition coefficient (Wildman–Crippen LogP) is 2.36. The number of carbonyl (C=O) groups is 2. The zero-order chi connectivity index (χ0) is 17.8. The van der Waals surface area contributed by atoms with Crippen molar-refractivity contribution >= 4 is 27.7 Å². The lowest BCUT2D eigenvalue weighted by atomic mass is 10.1. The summed E-state index contributed by atoms with van der Waals surface area (Å²) in [7, 11) is 0. The van der Waals surface area contributed by atoms with Crippen molar-refractivity contribution in [1.82, 2.24) is 14.7 Å². The third-order valence-electron chi connectivity index (χ3n) is 4.89. The van der Waals surface area contributed by atoms with Gasteiger partial charge in [-0.25, -0.2) is 4.39 Å². The second kappa shape index (κ2) is 8.27. The van der Waals surface area contributed by atoms with Crippen LogP contribution in [0.25, 0.3) is 0 Å². The number of hydrogen-bond acceptors (Lipinski definition) is 3. The topological polar surface area (TPSA) is 43.9 Å². The first kappa shape index (κ1) is 18.3. The molecule has 0 aromatic heterocycles. The quantitative estimate of drug-likeness (QED) is 0.766. The van der Waals surface area contributed by atoms with Gasteiger partial charge in [0, 0.05) is 43.7 Å². The van der Waals surface area contributed by atoms with Crippen LogP contribution in [0.15, 0.2) is 22.7 Å².